The summed E-state index contributed by atoms with van der Waals surface area (Å²) >= 11 is 1.86. The summed E-state index contributed by atoms with van der Waals surface area (Å²) in [5.74, 6) is 0.574. The molecule has 1 unspecified atom stereocenters. The van der Waals surface area contributed by atoms with Gasteiger partial charge in [0.05, 0.1) is 15.2 Å². The highest BCUT2D eigenvalue weighted by molar-refractivity contribution is 7.18. The van der Waals surface area contributed by atoms with Crippen molar-refractivity contribution >= 4 is 21.6 Å². The molecule has 1 aliphatic rings. The Kier molecular flexibility index (Phi) is 2.55. The number of hydrogen-bond acceptors (Lipinski definition) is 2. The molecule has 1 atom stereocenters. The molecule has 1 aromatic heterocycles. The average molecular weight is 243 g/mol. The minimum Gasteiger partial charge on any atom is -0.241 e. The molecule has 2 heteroatoms. The number of thiazole rings is 1. The van der Waals surface area contributed by atoms with E-state index in [0.717, 1.165) is 5.52 Å². The molecule has 0 saturated heterocycles. The van der Waals surface area contributed by atoms with Crippen molar-refractivity contribution in [2.24, 2.45) is 5.41 Å². The lowest BCUT2D eigenvalue weighted by Gasteiger charge is -2.33. The Bertz CT molecular complexity index is 532. The first-order valence-corrected chi connectivity index (χ1v) is 7.02. The Morgan fingerprint density at radius 2 is 2.12 bits per heavy atom. The van der Waals surface area contributed by atoms with Crippen LogP contribution in [-0.2, 0) is 0 Å². The molecule has 1 aromatic carbocycles. The Morgan fingerprint density at radius 3 is 2.88 bits per heavy atom. The molecule has 0 N–H and O–H groups in total. The lowest BCUT2D eigenvalue weighted by Crippen LogP contribution is -2.22. The van der Waals surface area contributed by atoms with Crippen molar-refractivity contribution < 1.29 is 0 Å². The lowest BCUT2D eigenvalue weighted by atomic mass is 9.73. The second kappa shape index (κ2) is 3.95. The molecule has 0 spiro atoms. The maximum Gasteiger partial charge on any atom is 0.0978 e. The fourth-order valence-electron chi connectivity index (χ4n) is 2.62. The molecule has 1 aliphatic carbocycles. The molecule has 0 amide bonds. The van der Waals surface area contributed by atoms with Gasteiger partial charge in [0.15, 0.2) is 0 Å². The Balaban J connectivity index is 2.06. The summed E-state index contributed by atoms with van der Waals surface area (Å²) in [5.41, 5.74) is 1.39. The number of rotatable bonds is 1. The predicted molar refractivity (Wildman–Crippen MR) is 74.5 cm³/mol. The first-order chi connectivity index (χ1) is 8.17. The van der Waals surface area contributed by atoms with E-state index in [9.17, 15) is 0 Å². The van der Waals surface area contributed by atoms with E-state index in [1.54, 1.807) is 0 Å². The van der Waals surface area contributed by atoms with Gasteiger partial charge in [-0.25, -0.2) is 4.98 Å². The summed E-state index contributed by atoms with van der Waals surface area (Å²) in [7, 11) is 0. The van der Waals surface area contributed by atoms with Crippen LogP contribution in [0.2, 0.25) is 0 Å². The SMILES string of the molecule is CC1(C)C=CCCC1c1nc2ccccc2s1. The molecule has 2 aromatic rings. The van der Waals surface area contributed by atoms with Crippen LogP contribution in [0.15, 0.2) is 36.4 Å². The third-order valence-electron chi connectivity index (χ3n) is 3.68. The van der Waals surface area contributed by atoms with E-state index in [1.807, 2.05) is 11.3 Å². The third-order valence-corrected chi connectivity index (χ3v) is 4.83. The summed E-state index contributed by atoms with van der Waals surface area (Å²) < 4.78 is 1.31. The van der Waals surface area contributed by atoms with Gasteiger partial charge in [-0.3, -0.25) is 0 Å². The number of para-hydroxylation sites is 1. The van der Waals surface area contributed by atoms with Crippen LogP contribution in [0.5, 0.6) is 0 Å². The van der Waals surface area contributed by atoms with Gasteiger partial charge in [0.25, 0.3) is 0 Å². The molecule has 1 nitrogen and oxygen atoms in total. The van der Waals surface area contributed by atoms with E-state index >= 15 is 0 Å². The van der Waals surface area contributed by atoms with Crippen LogP contribution in [0.3, 0.4) is 0 Å². The molecule has 88 valence electrons. The normalized spacial score (nSPS) is 23.1. The van der Waals surface area contributed by atoms with Gasteiger partial charge in [0.2, 0.25) is 0 Å². The highest BCUT2D eigenvalue weighted by Gasteiger charge is 2.32. The van der Waals surface area contributed by atoms with E-state index in [2.05, 4.69) is 50.3 Å². The first-order valence-electron chi connectivity index (χ1n) is 6.20. The highest BCUT2D eigenvalue weighted by Crippen LogP contribution is 2.45. The number of allylic oxidation sites excluding steroid dienone is 2. The maximum absolute atomic E-state index is 4.82. The summed E-state index contributed by atoms with van der Waals surface area (Å²) in [4.78, 5) is 4.82. The van der Waals surface area contributed by atoms with Crippen LogP contribution < -0.4 is 0 Å². The molecule has 0 fully saturated rings. The van der Waals surface area contributed by atoms with Crippen molar-refractivity contribution in [2.75, 3.05) is 0 Å². The zero-order chi connectivity index (χ0) is 11.9. The van der Waals surface area contributed by atoms with E-state index in [1.165, 1.54) is 22.5 Å². The number of hydrogen-bond donors (Lipinski definition) is 0. The zero-order valence-corrected chi connectivity index (χ0v) is 11.1. The molecule has 3 rings (SSSR count). The molecule has 1 heterocycles. The predicted octanol–water partition coefficient (Wildman–Crippen LogP) is 4.76. The van der Waals surface area contributed by atoms with Gasteiger partial charge in [0.1, 0.15) is 0 Å². The van der Waals surface area contributed by atoms with Crippen LogP contribution in [0, 0.1) is 5.41 Å². The molecular weight excluding hydrogens is 226 g/mol. The van der Waals surface area contributed by atoms with Crippen LogP contribution in [0.25, 0.3) is 10.2 Å². The van der Waals surface area contributed by atoms with Gasteiger partial charge in [-0.15, -0.1) is 11.3 Å². The van der Waals surface area contributed by atoms with Crippen LogP contribution in [-0.4, -0.2) is 4.98 Å². The quantitative estimate of drug-likeness (QED) is 0.658. The summed E-state index contributed by atoms with van der Waals surface area (Å²) in [6.07, 6.45) is 7.07. The first kappa shape index (κ1) is 11.0. The minimum atomic E-state index is 0.242. The van der Waals surface area contributed by atoms with Gasteiger partial charge >= 0.3 is 0 Å². The second-order valence-corrected chi connectivity index (χ2v) is 6.44. The maximum atomic E-state index is 4.82. The van der Waals surface area contributed by atoms with Crippen molar-refractivity contribution in [2.45, 2.75) is 32.6 Å². The second-order valence-electron chi connectivity index (χ2n) is 5.37. The Labute approximate surface area is 106 Å². The summed E-state index contributed by atoms with van der Waals surface area (Å²) in [6, 6.07) is 8.44. The highest BCUT2D eigenvalue weighted by atomic mass is 32.1. The minimum absolute atomic E-state index is 0.242. The van der Waals surface area contributed by atoms with Crippen molar-refractivity contribution in [3.63, 3.8) is 0 Å². The topological polar surface area (TPSA) is 12.9 Å². The largest absolute Gasteiger partial charge is 0.241 e. The number of aromatic nitrogens is 1. The van der Waals surface area contributed by atoms with Gasteiger partial charge in [-0.2, -0.15) is 0 Å². The molecule has 0 saturated carbocycles. The molecule has 0 radical (unpaired) electrons. The van der Waals surface area contributed by atoms with Crippen molar-refractivity contribution in [1.29, 1.82) is 0 Å². The fourth-order valence-corrected chi connectivity index (χ4v) is 3.92. The molecule has 0 aliphatic heterocycles. The fraction of sp³-hybridized carbons (Fsp3) is 0.400. The van der Waals surface area contributed by atoms with Crippen molar-refractivity contribution in [3.8, 4) is 0 Å². The number of nitrogens with zero attached hydrogens (tertiary/aromatic N) is 1. The number of benzene rings is 1. The lowest BCUT2D eigenvalue weighted by molar-refractivity contribution is 0.338. The van der Waals surface area contributed by atoms with E-state index in [0.29, 0.717) is 5.92 Å². The Hall–Kier alpha value is -1.15. The smallest absolute Gasteiger partial charge is 0.0978 e. The van der Waals surface area contributed by atoms with Gasteiger partial charge in [0, 0.05) is 5.92 Å². The van der Waals surface area contributed by atoms with Crippen LogP contribution in [0.1, 0.15) is 37.6 Å². The van der Waals surface area contributed by atoms with Gasteiger partial charge in [-0.1, -0.05) is 38.1 Å². The van der Waals surface area contributed by atoms with Crippen LogP contribution >= 0.6 is 11.3 Å². The van der Waals surface area contributed by atoms with Crippen molar-refractivity contribution in [1.82, 2.24) is 4.98 Å². The Morgan fingerprint density at radius 1 is 1.29 bits per heavy atom. The monoisotopic (exact) mass is 243 g/mol. The van der Waals surface area contributed by atoms with E-state index in [4.69, 9.17) is 4.98 Å². The van der Waals surface area contributed by atoms with Gasteiger partial charge < -0.3 is 0 Å². The van der Waals surface area contributed by atoms with Gasteiger partial charge in [-0.05, 0) is 30.4 Å². The molecule has 17 heavy (non-hydrogen) atoms. The standard InChI is InChI=1S/C15H17NS/c1-15(2)10-6-5-7-11(15)14-16-12-8-3-4-9-13(12)17-14/h3-4,6,8-11H,5,7H2,1-2H3. The summed E-state index contributed by atoms with van der Waals surface area (Å²) in [5, 5.41) is 1.31. The molecule has 0 bridgehead atoms. The van der Waals surface area contributed by atoms with Crippen LogP contribution in [0.4, 0.5) is 0 Å². The van der Waals surface area contributed by atoms with Crippen molar-refractivity contribution in [3.05, 3.63) is 41.4 Å². The number of fused-ring (bicyclic) bond motifs is 1. The van der Waals surface area contributed by atoms with E-state index < -0.39 is 0 Å². The summed E-state index contributed by atoms with van der Waals surface area (Å²) in [6.45, 7) is 4.64. The third kappa shape index (κ3) is 1.91. The average Bonchev–Trinajstić information content (AvgIpc) is 2.71. The molecular formula is C15H17NS. The van der Waals surface area contributed by atoms with E-state index in [-0.39, 0.29) is 5.41 Å². The zero-order valence-electron chi connectivity index (χ0n) is 10.3.